The van der Waals surface area contributed by atoms with Crippen LogP contribution < -0.4 is 4.74 Å². The Hall–Kier alpha value is -3.01. The van der Waals surface area contributed by atoms with Gasteiger partial charge in [-0.25, -0.2) is 8.78 Å². The summed E-state index contributed by atoms with van der Waals surface area (Å²) in [6.45, 7) is 1.82. The van der Waals surface area contributed by atoms with Crippen molar-refractivity contribution in [2.45, 2.75) is 18.0 Å². The standard InChI is InChI=1S/C26H30F2N4O3/c1-30(2)11-23(34)32-14-26(15-32)13-31(10-16-8-17(27)4-7-20(16)28)22(12-33)25-24(26)19-6-5-18(35-3)9-21(19)29-25/h4-9,22,29,33H,10-15H2,1-3H3/t22-/m1/s1. The van der Waals surface area contributed by atoms with Crippen molar-refractivity contribution in [3.05, 3.63) is 64.9 Å². The fourth-order valence-corrected chi connectivity index (χ4v) is 5.65. The molecule has 1 atom stereocenters. The highest BCUT2D eigenvalue weighted by molar-refractivity contribution is 5.89. The van der Waals surface area contributed by atoms with Crippen molar-refractivity contribution in [1.82, 2.24) is 19.7 Å². The Morgan fingerprint density at radius 1 is 1.20 bits per heavy atom. The molecular weight excluding hydrogens is 454 g/mol. The number of amides is 1. The molecule has 1 saturated heterocycles. The van der Waals surface area contributed by atoms with E-state index in [1.165, 1.54) is 6.07 Å². The molecular formula is C26H30F2N4O3. The average molecular weight is 485 g/mol. The number of aliphatic hydroxyl groups excluding tert-OH is 1. The number of aliphatic hydroxyl groups is 1. The van der Waals surface area contributed by atoms with Crippen LogP contribution >= 0.6 is 0 Å². The molecule has 186 valence electrons. The minimum absolute atomic E-state index is 0.0516. The lowest BCUT2D eigenvalue weighted by Crippen LogP contribution is -2.68. The van der Waals surface area contributed by atoms with Crippen molar-refractivity contribution in [1.29, 1.82) is 0 Å². The van der Waals surface area contributed by atoms with Crippen LogP contribution in [-0.2, 0) is 16.8 Å². The van der Waals surface area contributed by atoms with E-state index >= 15 is 0 Å². The van der Waals surface area contributed by atoms with Crippen LogP contribution in [0.25, 0.3) is 10.9 Å². The second-order valence-electron chi connectivity index (χ2n) is 9.93. The number of benzene rings is 2. The van der Waals surface area contributed by atoms with E-state index in [-0.39, 0.29) is 30.0 Å². The second kappa shape index (κ2) is 8.89. The number of nitrogens with zero attached hydrogens (tertiary/aromatic N) is 3. The second-order valence-corrected chi connectivity index (χ2v) is 9.93. The molecule has 0 radical (unpaired) electrons. The predicted octanol–water partition coefficient (Wildman–Crippen LogP) is 2.65. The molecule has 9 heteroatoms. The zero-order valence-electron chi connectivity index (χ0n) is 20.1. The highest BCUT2D eigenvalue weighted by Gasteiger charge is 2.54. The number of H-pyrrole nitrogens is 1. The molecule has 0 unspecified atom stereocenters. The molecule has 2 aromatic carbocycles. The third-order valence-corrected chi connectivity index (χ3v) is 7.19. The van der Waals surface area contributed by atoms with Crippen LogP contribution in [0.15, 0.2) is 36.4 Å². The van der Waals surface area contributed by atoms with E-state index in [1.54, 1.807) is 7.11 Å². The lowest BCUT2D eigenvalue weighted by molar-refractivity contribution is -0.141. The summed E-state index contributed by atoms with van der Waals surface area (Å²) in [5, 5.41) is 11.4. The minimum Gasteiger partial charge on any atom is -0.497 e. The number of carbonyl (C=O) groups excluding carboxylic acids is 1. The normalized spacial score (nSPS) is 19.3. The molecule has 0 bridgehead atoms. The first-order valence-electron chi connectivity index (χ1n) is 11.7. The number of fused-ring (bicyclic) bond motifs is 4. The van der Waals surface area contributed by atoms with Gasteiger partial charge in [-0.3, -0.25) is 9.69 Å². The molecule has 2 N–H and O–H groups in total. The van der Waals surface area contributed by atoms with Crippen LogP contribution in [-0.4, -0.2) is 84.7 Å². The van der Waals surface area contributed by atoms with Gasteiger partial charge in [0.05, 0.1) is 26.3 Å². The van der Waals surface area contributed by atoms with Gasteiger partial charge in [-0.1, -0.05) is 0 Å². The van der Waals surface area contributed by atoms with E-state index in [0.717, 1.165) is 34.3 Å². The van der Waals surface area contributed by atoms with Gasteiger partial charge in [0.15, 0.2) is 0 Å². The maximum Gasteiger partial charge on any atom is 0.236 e. The van der Waals surface area contributed by atoms with Crippen LogP contribution in [0, 0.1) is 11.6 Å². The van der Waals surface area contributed by atoms with Crippen LogP contribution in [0.3, 0.4) is 0 Å². The minimum atomic E-state index is -0.504. The summed E-state index contributed by atoms with van der Waals surface area (Å²) in [5.41, 5.74) is 2.65. The van der Waals surface area contributed by atoms with Gasteiger partial charge in [-0.15, -0.1) is 0 Å². The van der Waals surface area contributed by atoms with Gasteiger partial charge in [0, 0.05) is 59.8 Å². The van der Waals surface area contributed by atoms with Gasteiger partial charge in [0.2, 0.25) is 5.91 Å². The third-order valence-electron chi connectivity index (χ3n) is 7.19. The van der Waals surface area contributed by atoms with Gasteiger partial charge in [-0.05, 0) is 50.0 Å². The Balaban J connectivity index is 1.57. The Kier molecular flexibility index (Phi) is 6.03. The molecule has 35 heavy (non-hydrogen) atoms. The molecule has 0 saturated carbocycles. The lowest BCUT2D eigenvalue weighted by atomic mass is 9.68. The van der Waals surface area contributed by atoms with Gasteiger partial charge in [-0.2, -0.15) is 0 Å². The number of likely N-dealkylation sites (N-methyl/N-ethyl adjacent to an activating group) is 1. The van der Waals surface area contributed by atoms with Crippen molar-refractivity contribution < 1.29 is 23.4 Å². The molecule has 3 aromatic rings. The smallest absolute Gasteiger partial charge is 0.236 e. The van der Waals surface area contributed by atoms with E-state index in [2.05, 4.69) is 4.98 Å². The number of carbonyl (C=O) groups is 1. The Morgan fingerprint density at radius 3 is 2.66 bits per heavy atom. The number of nitrogens with one attached hydrogen (secondary N) is 1. The van der Waals surface area contributed by atoms with Gasteiger partial charge >= 0.3 is 0 Å². The first kappa shape index (κ1) is 23.7. The highest BCUT2D eigenvalue weighted by atomic mass is 19.1. The highest BCUT2D eigenvalue weighted by Crippen LogP contribution is 2.49. The first-order valence-corrected chi connectivity index (χ1v) is 11.7. The molecule has 7 nitrogen and oxygen atoms in total. The number of hydrogen-bond acceptors (Lipinski definition) is 5. The van der Waals surface area contributed by atoms with E-state index in [4.69, 9.17) is 4.74 Å². The number of methoxy groups -OCH3 is 1. The van der Waals surface area contributed by atoms with Crippen LogP contribution in [0.1, 0.15) is 22.9 Å². The quantitative estimate of drug-likeness (QED) is 0.563. The SMILES string of the molecule is COc1ccc2c3c([nH]c2c1)[C@@H](CO)N(Cc1cc(F)ccc1F)CC31CN(C(=O)CN(C)C)C1. The molecule has 3 heterocycles. The molecule has 2 aliphatic rings. The van der Waals surface area contributed by atoms with Crippen molar-refractivity contribution in [2.75, 3.05) is 54.0 Å². The van der Waals surface area contributed by atoms with E-state index in [0.29, 0.717) is 31.9 Å². The number of ether oxygens (including phenoxy) is 1. The molecule has 1 amide bonds. The third kappa shape index (κ3) is 4.07. The lowest BCUT2D eigenvalue weighted by Gasteiger charge is -2.56. The molecule has 1 aromatic heterocycles. The maximum absolute atomic E-state index is 14.5. The van der Waals surface area contributed by atoms with Crippen molar-refractivity contribution >= 4 is 16.8 Å². The molecule has 0 aliphatic carbocycles. The average Bonchev–Trinajstić information content (AvgIpc) is 3.17. The number of likely N-dealkylation sites (tertiary alicyclic amines) is 1. The summed E-state index contributed by atoms with van der Waals surface area (Å²) >= 11 is 0. The number of aromatic nitrogens is 1. The fourth-order valence-electron chi connectivity index (χ4n) is 5.65. The van der Waals surface area contributed by atoms with Crippen molar-refractivity contribution in [2.24, 2.45) is 0 Å². The first-order chi connectivity index (χ1) is 16.7. The summed E-state index contributed by atoms with van der Waals surface area (Å²) in [6, 6.07) is 8.83. The van der Waals surface area contributed by atoms with E-state index in [9.17, 15) is 18.7 Å². The molecule has 1 spiro atoms. The number of aromatic amines is 1. The van der Waals surface area contributed by atoms with Gasteiger partial charge in [0.1, 0.15) is 17.4 Å². The number of rotatable bonds is 6. The Morgan fingerprint density at radius 2 is 1.97 bits per heavy atom. The molecule has 2 aliphatic heterocycles. The van der Waals surface area contributed by atoms with Crippen LogP contribution in [0.2, 0.25) is 0 Å². The summed E-state index contributed by atoms with van der Waals surface area (Å²) in [6.07, 6.45) is 0. The predicted molar refractivity (Wildman–Crippen MR) is 128 cm³/mol. The Labute approximate surface area is 202 Å². The summed E-state index contributed by atoms with van der Waals surface area (Å²) in [7, 11) is 5.33. The number of halogens is 2. The van der Waals surface area contributed by atoms with Crippen LogP contribution in [0.5, 0.6) is 5.75 Å². The molecule has 5 rings (SSSR count). The molecule has 1 fully saturated rings. The van der Waals surface area contributed by atoms with Crippen molar-refractivity contribution in [3.63, 3.8) is 0 Å². The monoisotopic (exact) mass is 484 g/mol. The topological polar surface area (TPSA) is 72.0 Å². The zero-order chi connectivity index (χ0) is 24.9. The largest absolute Gasteiger partial charge is 0.497 e. The van der Waals surface area contributed by atoms with Crippen LogP contribution in [0.4, 0.5) is 8.78 Å². The zero-order valence-corrected chi connectivity index (χ0v) is 20.1. The van der Waals surface area contributed by atoms with Gasteiger partial charge in [0.25, 0.3) is 0 Å². The fraction of sp³-hybridized carbons (Fsp3) is 0.423. The summed E-state index contributed by atoms with van der Waals surface area (Å²) in [4.78, 5) is 21.9. The van der Waals surface area contributed by atoms with E-state index in [1.807, 2.05) is 47.0 Å². The number of hydrogen-bond donors (Lipinski definition) is 2. The summed E-state index contributed by atoms with van der Waals surface area (Å²) in [5.74, 6) is -0.228. The van der Waals surface area contributed by atoms with Gasteiger partial charge < -0.3 is 24.6 Å². The van der Waals surface area contributed by atoms with E-state index < -0.39 is 17.7 Å². The summed E-state index contributed by atoms with van der Waals surface area (Å²) < 4.78 is 33.8. The Bertz CT molecular complexity index is 1270. The van der Waals surface area contributed by atoms with Crippen molar-refractivity contribution in [3.8, 4) is 5.75 Å². The maximum atomic E-state index is 14.5.